The Balaban J connectivity index is 1.89. The van der Waals surface area contributed by atoms with Crippen LogP contribution in [-0.4, -0.2) is 9.55 Å². The monoisotopic (exact) mass is 252 g/mol. The van der Waals surface area contributed by atoms with Gasteiger partial charge in [0.15, 0.2) is 0 Å². The lowest BCUT2D eigenvalue weighted by Crippen LogP contribution is -1.96. The molecular formula is C16H13FN2. The fraction of sp³-hybridized carbons (Fsp3) is 0.0625. The number of benzene rings is 2. The first-order valence-corrected chi connectivity index (χ1v) is 6.12. The Morgan fingerprint density at radius 3 is 2.58 bits per heavy atom. The fourth-order valence-electron chi connectivity index (χ4n) is 2.08. The highest BCUT2D eigenvalue weighted by molar-refractivity contribution is 5.64. The van der Waals surface area contributed by atoms with Gasteiger partial charge in [0.05, 0.1) is 6.33 Å². The molecule has 0 fully saturated rings. The van der Waals surface area contributed by atoms with E-state index in [4.69, 9.17) is 0 Å². The summed E-state index contributed by atoms with van der Waals surface area (Å²) in [6, 6.07) is 14.8. The van der Waals surface area contributed by atoms with Gasteiger partial charge >= 0.3 is 0 Å². The van der Waals surface area contributed by atoms with Crippen LogP contribution in [0.2, 0.25) is 0 Å². The van der Waals surface area contributed by atoms with Crippen LogP contribution in [0.4, 0.5) is 4.39 Å². The summed E-state index contributed by atoms with van der Waals surface area (Å²) in [5.74, 6) is -0.210. The van der Waals surface area contributed by atoms with Crippen LogP contribution in [0.15, 0.2) is 67.3 Å². The van der Waals surface area contributed by atoms with Gasteiger partial charge in [0.2, 0.25) is 0 Å². The molecule has 0 radical (unpaired) electrons. The molecule has 0 aliphatic heterocycles. The first kappa shape index (κ1) is 11.7. The Kier molecular flexibility index (Phi) is 3.11. The van der Waals surface area contributed by atoms with Crippen LogP contribution in [0.25, 0.3) is 11.1 Å². The van der Waals surface area contributed by atoms with Crippen LogP contribution in [0, 0.1) is 5.82 Å². The minimum absolute atomic E-state index is 0.210. The van der Waals surface area contributed by atoms with E-state index in [2.05, 4.69) is 17.1 Å². The third-order valence-corrected chi connectivity index (χ3v) is 3.03. The summed E-state index contributed by atoms with van der Waals surface area (Å²) in [5.41, 5.74) is 3.31. The van der Waals surface area contributed by atoms with Gasteiger partial charge in [-0.05, 0) is 34.9 Å². The molecule has 0 saturated carbocycles. The minimum Gasteiger partial charge on any atom is -0.333 e. The van der Waals surface area contributed by atoms with Gasteiger partial charge in [-0.2, -0.15) is 0 Å². The van der Waals surface area contributed by atoms with E-state index in [0.29, 0.717) is 0 Å². The van der Waals surface area contributed by atoms with Crippen molar-refractivity contribution < 1.29 is 4.39 Å². The Bertz CT molecular complexity index is 657. The average molecular weight is 252 g/mol. The molecule has 3 aromatic rings. The zero-order valence-corrected chi connectivity index (χ0v) is 10.3. The first-order chi connectivity index (χ1) is 9.31. The molecule has 1 heterocycles. The van der Waals surface area contributed by atoms with E-state index in [1.165, 1.54) is 17.7 Å². The number of hydrogen-bond acceptors (Lipinski definition) is 1. The molecule has 1 aromatic heterocycles. The molecule has 0 amide bonds. The van der Waals surface area contributed by atoms with E-state index in [0.717, 1.165) is 17.7 Å². The number of nitrogens with zero attached hydrogens (tertiary/aromatic N) is 2. The van der Waals surface area contributed by atoms with Crippen molar-refractivity contribution in [2.45, 2.75) is 6.54 Å². The summed E-state index contributed by atoms with van der Waals surface area (Å²) in [5, 5.41) is 0. The van der Waals surface area contributed by atoms with Crippen molar-refractivity contribution in [3.8, 4) is 11.1 Å². The molecule has 2 nitrogen and oxygen atoms in total. The second kappa shape index (κ2) is 5.06. The van der Waals surface area contributed by atoms with Crippen LogP contribution in [-0.2, 0) is 6.54 Å². The average Bonchev–Trinajstić information content (AvgIpc) is 2.93. The second-order valence-electron chi connectivity index (χ2n) is 4.44. The predicted octanol–water partition coefficient (Wildman–Crippen LogP) is 3.74. The van der Waals surface area contributed by atoms with E-state index >= 15 is 0 Å². The van der Waals surface area contributed by atoms with Gasteiger partial charge in [-0.15, -0.1) is 0 Å². The highest BCUT2D eigenvalue weighted by Gasteiger charge is 2.00. The van der Waals surface area contributed by atoms with Crippen molar-refractivity contribution in [1.82, 2.24) is 9.55 Å². The molecule has 0 spiro atoms. The highest BCUT2D eigenvalue weighted by Crippen LogP contribution is 2.21. The van der Waals surface area contributed by atoms with Crippen molar-refractivity contribution in [2.24, 2.45) is 0 Å². The zero-order valence-electron chi connectivity index (χ0n) is 10.3. The number of aromatic nitrogens is 2. The Morgan fingerprint density at radius 1 is 1.00 bits per heavy atom. The molecule has 0 aliphatic rings. The maximum absolute atomic E-state index is 12.9. The molecule has 3 rings (SSSR count). The lowest BCUT2D eigenvalue weighted by Gasteiger charge is -2.06. The Morgan fingerprint density at radius 2 is 1.84 bits per heavy atom. The van der Waals surface area contributed by atoms with Crippen LogP contribution in [0.1, 0.15) is 5.56 Å². The number of hydrogen-bond donors (Lipinski definition) is 0. The second-order valence-corrected chi connectivity index (χ2v) is 4.44. The zero-order chi connectivity index (χ0) is 13.1. The molecule has 0 bridgehead atoms. The summed E-state index contributed by atoms with van der Waals surface area (Å²) in [6.07, 6.45) is 5.50. The van der Waals surface area contributed by atoms with E-state index in [1.54, 1.807) is 24.7 Å². The SMILES string of the molecule is Fc1ccc(-c2cccc(Cn3ccnc3)c2)cc1. The summed E-state index contributed by atoms with van der Waals surface area (Å²) < 4.78 is 14.9. The number of imidazole rings is 1. The summed E-state index contributed by atoms with van der Waals surface area (Å²) in [7, 11) is 0. The normalized spacial score (nSPS) is 10.6. The molecule has 19 heavy (non-hydrogen) atoms. The van der Waals surface area contributed by atoms with Gasteiger partial charge in [-0.1, -0.05) is 30.3 Å². The smallest absolute Gasteiger partial charge is 0.123 e. The van der Waals surface area contributed by atoms with Crippen LogP contribution >= 0.6 is 0 Å². The van der Waals surface area contributed by atoms with Crippen molar-refractivity contribution >= 4 is 0 Å². The molecule has 2 aromatic carbocycles. The van der Waals surface area contributed by atoms with Crippen LogP contribution < -0.4 is 0 Å². The standard InChI is InChI=1S/C16H13FN2/c17-16-6-4-14(5-7-16)15-3-1-2-13(10-15)11-19-9-8-18-12-19/h1-10,12H,11H2. The fourth-order valence-corrected chi connectivity index (χ4v) is 2.08. The van der Waals surface area contributed by atoms with E-state index in [9.17, 15) is 4.39 Å². The largest absolute Gasteiger partial charge is 0.333 e. The topological polar surface area (TPSA) is 17.8 Å². The maximum Gasteiger partial charge on any atom is 0.123 e. The highest BCUT2D eigenvalue weighted by atomic mass is 19.1. The minimum atomic E-state index is -0.210. The quantitative estimate of drug-likeness (QED) is 0.694. The maximum atomic E-state index is 12.9. The van der Waals surface area contributed by atoms with Crippen LogP contribution in [0.5, 0.6) is 0 Å². The van der Waals surface area contributed by atoms with Crippen molar-refractivity contribution in [2.75, 3.05) is 0 Å². The van der Waals surface area contributed by atoms with Gasteiger partial charge in [0, 0.05) is 18.9 Å². The number of halogens is 1. The van der Waals surface area contributed by atoms with E-state index < -0.39 is 0 Å². The Hall–Kier alpha value is -2.42. The van der Waals surface area contributed by atoms with Crippen molar-refractivity contribution in [3.05, 3.63) is 78.6 Å². The molecule has 94 valence electrons. The summed E-state index contributed by atoms with van der Waals surface area (Å²) in [4.78, 5) is 4.03. The van der Waals surface area contributed by atoms with Gasteiger partial charge in [0.1, 0.15) is 5.82 Å². The van der Waals surface area contributed by atoms with Gasteiger partial charge in [-0.25, -0.2) is 9.37 Å². The van der Waals surface area contributed by atoms with E-state index in [1.807, 2.05) is 22.9 Å². The predicted molar refractivity (Wildman–Crippen MR) is 73.2 cm³/mol. The first-order valence-electron chi connectivity index (χ1n) is 6.12. The third-order valence-electron chi connectivity index (χ3n) is 3.03. The van der Waals surface area contributed by atoms with Crippen molar-refractivity contribution in [1.29, 1.82) is 0 Å². The molecule has 0 unspecified atom stereocenters. The lowest BCUT2D eigenvalue weighted by atomic mass is 10.0. The van der Waals surface area contributed by atoms with Gasteiger partial charge < -0.3 is 4.57 Å². The number of rotatable bonds is 3. The molecule has 0 atom stereocenters. The van der Waals surface area contributed by atoms with Gasteiger partial charge in [-0.3, -0.25) is 0 Å². The van der Waals surface area contributed by atoms with Crippen molar-refractivity contribution in [3.63, 3.8) is 0 Å². The van der Waals surface area contributed by atoms with Gasteiger partial charge in [0.25, 0.3) is 0 Å². The summed E-state index contributed by atoms with van der Waals surface area (Å²) in [6.45, 7) is 0.787. The summed E-state index contributed by atoms with van der Waals surface area (Å²) >= 11 is 0. The lowest BCUT2D eigenvalue weighted by molar-refractivity contribution is 0.628. The molecule has 0 saturated heterocycles. The third kappa shape index (κ3) is 2.71. The molecule has 0 N–H and O–H groups in total. The van der Waals surface area contributed by atoms with E-state index in [-0.39, 0.29) is 5.82 Å². The molecule has 0 aliphatic carbocycles. The molecule has 3 heteroatoms. The Labute approximate surface area is 111 Å². The molecular weight excluding hydrogens is 239 g/mol. The van der Waals surface area contributed by atoms with Crippen LogP contribution in [0.3, 0.4) is 0 Å².